The van der Waals surface area contributed by atoms with Crippen molar-refractivity contribution in [2.75, 3.05) is 10.0 Å². The lowest BCUT2D eigenvalue weighted by Gasteiger charge is -2.08. The second-order valence-electron chi connectivity index (χ2n) is 5.83. The van der Waals surface area contributed by atoms with Crippen LogP contribution in [0.4, 0.5) is 10.8 Å². The molecule has 0 unspecified atom stereocenters. The van der Waals surface area contributed by atoms with Crippen molar-refractivity contribution >= 4 is 43.7 Å². The van der Waals surface area contributed by atoms with Gasteiger partial charge in [0.05, 0.1) is 4.90 Å². The number of thiazole rings is 1. The number of carbonyl (C=O) groups is 1. The molecule has 0 aliphatic carbocycles. The van der Waals surface area contributed by atoms with Gasteiger partial charge in [0, 0.05) is 29.7 Å². The van der Waals surface area contributed by atoms with Gasteiger partial charge in [0.1, 0.15) is 11.2 Å². The summed E-state index contributed by atoms with van der Waals surface area (Å²) in [5, 5.41) is 4.48. The highest BCUT2D eigenvalue weighted by atomic mass is 32.2. The predicted octanol–water partition coefficient (Wildman–Crippen LogP) is 2.20. The van der Waals surface area contributed by atoms with Gasteiger partial charge in [0.25, 0.3) is 21.5 Å². The first-order valence-electron chi connectivity index (χ1n) is 8.24. The minimum Gasteiger partial charge on any atom is -0.322 e. The molecule has 0 radical (unpaired) electrons. The lowest BCUT2D eigenvalue weighted by Crippen LogP contribution is -2.26. The molecule has 0 saturated heterocycles. The Kier molecular flexibility index (Phi) is 4.82. The van der Waals surface area contributed by atoms with E-state index in [4.69, 9.17) is 0 Å². The standard InChI is InChI=1S/C18H13N5O4S2/c24-16(14-11-20-15-3-1-2-9-23(15)17(14)25)21-12-4-6-13(7-5-12)29(26,27)22-18-19-8-10-28-18/h1-11H,(H,19,22)(H,21,24). The average Bonchev–Trinajstić information content (AvgIpc) is 3.21. The second-order valence-corrected chi connectivity index (χ2v) is 8.40. The topological polar surface area (TPSA) is 123 Å². The number of aromatic nitrogens is 3. The van der Waals surface area contributed by atoms with Gasteiger partial charge in [0.2, 0.25) is 0 Å². The SMILES string of the molecule is O=C(Nc1ccc(S(=O)(=O)Nc2nccs2)cc1)c1cnc2ccccn2c1=O. The Balaban J connectivity index is 1.54. The van der Waals surface area contributed by atoms with Crippen molar-refractivity contribution < 1.29 is 13.2 Å². The Bertz CT molecular complexity index is 1350. The van der Waals surface area contributed by atoms with Crippen LogP contribution in [0, 0.1) is 0 Å². The molecule has 11 heteroatoms. The molecule has 9 nitrogen and oxygen atoms in total. The number of carbonyl (C=O) groups excluding carboxylic acids is 1. The van der Waals surface area contributed by atoms with Crippen LogP contribution in [0.25, 0.3) is 5.65 Å². The number of amides is 1. The summed E-state index contributed by atoms with van der Waals surface area (Å²) in [4.78, 5) is 32.9. The number of hydrogen-bond donors (Lipinski definition) is 2. The van der Waals surface area contributed by atoms with Crippen LogP contribution in [-0.4, -0.2) is 28.7 Å². The molecule has 1 amide bonds. The van der Waals surface area contributed by atoms with Crippen LogP contribution >= 0.6 is 11.3 Å². The summed E-state index contributed by atoms with van der Waals surface area (Å²) in [6, 6.07) is 10.6. The van der Waals surface area contributed by atoms with Gasteiger partial charge in [-0.2, -0.15) is 0 Å². The van der Waals surface area contributed by atoms with E-state index < -0.39 is 21.5 Å². The van der Waals surface area contributed by atoms with Crippen molar-refractivity contribution in [3.8, 4) is 0 Å². The van der Waals surface area contributed by atoms with Gasteiger partial charge in [-0.3, -0.25) is 18.7 Å². The smallest absolute Gasteiger partial charge is 0.270 e. The molecule has 4 aromatic rings. The summed E-state index contributed by atoms with van der Waals surface area (Å²) >= 11 is 1.16. The monoisotopic (exact) mass is 427 g/mol. The molecule has 0 atom stereocenters. The molecular formula is C18H13N5O4S2. The number of nitrogens with zero attached hydrogens (tertiary/aromatic N) is 3. The van der Waals surface area contributed by atoms with Gasteiger partial charge in [-0.1, -0.05) is 6.07 Å². The fraction of sp³-hybridized carbons (Fsp3) is 0. The Labute approximate surface area is 168 Å². The first-order valence-corrected chi connectivity index (χ1v) is 10.6. The zero-order chi connectivity index (χ0) is 20.4. The number of pyridine rings is 1. The summed E-state index contributed by atoms with van der Waals surface area (Å²) in [5.41, 5.74) is 0.132. The largest absolute Gasteiger partial charge is 0.322 e. The van der Waals surface area contributed by atoms with Crippen LogP contribution in [0.15, 0.2) is 76.1 Å². The summed E-state index contributed by atoms with van der Waals surface area (Å²) in [6.07, 6.45) is 4.23. The fourth-order valence-corrected chi connectivity index (χ4v) is 4.33. The summed E-state index contributed by atoms with van der Waals surface area (Å²) in [7, 11) is -3.79. The molecule has 0 spiro atoms. The van der Waals surface area contributed by atoms with Gasteiger partial charge in [0.15, 0.2) is 5.13 Å². The highest BCUT2D eigenvalue weighted by Gasteiger charge is 2.17. The zero-order valence-electron chi connectivity index (χ0n) is 14.6. The molecule has 3 aromatic heterocycles. The van der Waals surface area contributed by atoms with Crippen molar-refractivity contribution in [1.29, 1.82) is 0 Å². The van der Waals surface area contributed by atoms with Gasteiger partial charge in [-0.05, 0) is 36.4 Å². The van der Waals surface area contributed by atoms with E-state index in [0.717, 1.165) is 11.3 Å². The van der Waals surface area contributed by atoms with Crippen LogP contribution in [-0.2, 0) is 10.0 Å². The number of benzene rings is 1. The van der Waals surface area contributed by atoms with E-state index in [1.807, 2.05) is 0 Å². The molecule has 0 saturated carbocycles. The van der Waals surface area contributed by atoms with Gasteiger partial charge < -0.3 is 5.32 Å². The molecule has 1 aromatic carbocycles. The number of fused-ring (bicyclic) bond motifs is 1. The van der Waals surface area contributed by atoms with Gasteiger partial charge in [-0.25, -0.2) is 18.4 Å². The third-order valence-corrected chi connectivity index (χ3v) is 6.11. The van der Waals surface area contributed by atoms with E-state index in [9.17, 15) is 18.0 Å². The normalized spacial score (nSPS) is 11.3. The van der Waals surface area contributed by atoms with E-state index in [0.29, 0.717) is 11.3 Å². The summed E-state index contributed by atoms with van der Waals surface area (Å²) in [6.45, 7) is 0. The molecule has 4 rings (SSSR count). The molecule has 0 aliphatic rings. The lowest BCUT2D eigenvalue weighted by molar-refractivity contribution is 0.102. The Morgan fingerprint density at radius 3 is 2.59 bits per heavy atom. The number of rotatable bonds is 5. The third kappa shape index (κ3) is 3.86. The first-order chi connectivity index (χ1) is 13.9. The Morgan fingerprint density at radius 2 is 1.86 bits per heavy atom. The second kappa shape index (κ2) is 7.45. The van der Waals surface area contributed by atoms with Crippen molar-refractivity contribution in [1.82, 2.24) is 14.4 Å². The van der Waals surface area contributed by atoms with E-state index in [-0.39, 0.29) is 15.6 Å². The summed E-state index contributed by atoms with van der Waals surface area (Å²) < 4.78 is 28.3. The number of nitrogens with one attached hydrogen (secondary N) is 2. The highest BCUT2D eigenvalue weighted by molar-refractivity contribution is 7.93. The van der Waals surface area contributed by atoms with Crippen LogP contribution < -0.4 is 15.6 Å². The average molecular weight is 427 g/mol. The quantitative estimate of drug-likeness (QED) is 0.503. The van der Waals surface area contributed by atoms with Crippen molar-refractivity contribution in [2.24, 2.45) is 0 Å². The van der Waals surface area contributed by atoms with E-state index in [2.05, 4.69) is 20.0 Å². The zero-order valence-corrected chi connectivity index (χ0v) is 16.3. The Hall–Kier alpha value is -3.57. The number of hydrogen-bond acceptors (Lipinski definition) is 7. The molecule has 0 bridgehead atoms. The molecule has 3 heterocycles. The third-order valence-electron chi connectivity index (χ3n) is 3.93. The van der Waals surface area contributed by atoms with Crippen molar-refractivity contribution in [3.05, 3.63) is 82.4 Å². The molecular weight excluding hydrogens is 414 g/mol. The predicted molar refractivity (Wildman–Crippen MR) is 109 cm³/mol. The fourth-order valence-electron chi connectivity index (χ4n) is 2.55. The minimum atomic E-state index is -3.79. The highest BCUT2D eigenvalue weighted by Crippen LogP contribution is 2.19. The maximum absolute atomic E-state index is 12.5. The maximum Gasteiger partial charge on any atom is 0.270 e. The molecule has 146 valence electrons. The lowest BCUT2D eigenvalue weighted by atomic mass is 10.2. The number of anilines is 2. The van der Waals surface area contributed by atoms with Crippen molar-refractivity contribution in [2.45, 2.75) is 4.90 Å². The van der Waals surface area contributed by atoms with Crippen LogP contribution in [0.2, 0.25) is 0 Å². The minimum absolute atomic E-state index is 0.0122. The van der Waals surface area contributed by atoms with Gasteiger partial charge in [-0.15, -0.1) is 11.3 Å². The van der Waals surface area contributed by atoms with E-state index in [1.165, 1.54) is 47.3 Å². The van der Waals surface area contributed by atoms with Crippen LogP contribution in [0.5, 0.6) is 0 Å². The molecule has 0 aliphatic heterocycles. The number of sulfonamides is 1. The first kappa shape index (κ1) is 18.8. The Morgan fingerprint density at radius 1 is 1.07 bits per heavy atom. The molecule has 0 fully saturated rings. The van der Waals surface area contributed by atoms with Crippen LogP contribution in [0.3, 0.4) is 0 Å². The van der Waals surface area contributed by atoms with Crippen LogP contribution in [0.1, 0.15) is 10.4 Å². The maximum atomic E-state index is 12.5. The molecule has 29 heavy (non-hydrogen) atoms. The van der Waals surface area contributed by atoms with E-state index >= 15 is 0 Å². The van der Waals surface area contributed by atoms with E-state index in [1.54, 1.807) is 23.6 Å². The summed E-state index contributed by atoms with van der Waals surface area (Å²) in [5.74, 6) is -0.641. The van der Waals surface area contributed by atoms with Crippen molar-refractivity contribution in [3.63, 3.8) is 0 Å². The molecule has 2 N–H and O–H groups in total. The van der Waals surface area contributed by atoms with Gasteiger partial charge >= 0.3 is 0 Å².